The molecule has 0 bridgehead atoms. The van der Waals surface area contributed by atoms with Crippen molar-refractivity contribution in [3.63, 3.8) is 0 Å². The van der Waals surface area contributed by atoms with Crippen molar-refractivity contribution in [1.29, 1.82) is 0 Å². The van der Waals surface area contributed by atoms with Crippen LogP contribution < -0.4 is 15.4 Å². The average Bonchev–Trinajstić information content (AvgIpc) is 2.57. The molecule has 23 heavy (non-hydrogen) atoms. The van der Waals surface area contributed by atoms with Crippen LogP contribution in [0, 0.1) is 0 Å². The van der Waals surface area contributed by atoms with E-state index in [0.29, 0.717) is 18.8 Å². The highest BCUT2D eigenvalue weighted by atomic mass is 16.5. The van der Waals surface area contributed by atoms with E-state index in [1.807, 2.05) is 37.3 Å². The van der Waals surface area contributed by atoms with Crippen LogP contribution in [-0.2, 0) is 4.79 Å². The molecule has 2 aromatic rings. The van der Waals surface area contributed by atoms with Gasteiger partial charge in [-0.25, -0.2) is 4.98 Å². The monoisotopic (exact) mass is 313 g/mol. The van der Waals surface area contributed by atoms with Gasteiger partial charge in [0, 0.05) is 12.1 Å². The first-order chi connectivity index (χ1) is 11.2. The molecule has 0 aliphatic carbocycles. The van der Waals surface area contributed by atoms with Crippen LogP contribution >= 0.6 is 0 Å². The second-order valence-electron chi connectivity index (χ2n) is 5.17. The predicted molar refractivity (Wildman–Crippen MR) is 93.3 cm³/mol. The van der Waals surface area contributed by atoms with Gasteiger partial charge in [0.05, 0.1) is 18.5 Å². The zero-order valence-corrected chi connectivity index (χ0v) is 13.6. The number of aromatic nitrogens is 1. The van der Waals surface area contributed by atoms with Crippen molar-refractivity contribution in [2.45, 2.75) is 33.1 Å². The Morgan fingerprint density at radius 2 is 1.83 bits per heavy atom. The normalized spacial score (nSPS) is 10.2. The fourth-order valence-electron chi connectivity index (χ4n) is 2.05. The number of amides is 1. The molecule has 1 amide bonds. The lowest BCUT2D eigenvalue weighted by Gasteiger charge is -2.09. The number of rotatable bonds is 8. The van der Waals surface area contributed by atoms with E-state index in [1.54, 1.807) is 12.3 Å². The van der Waals surface area contributed by atoms with Crippen molar-refractivity contribution in [2.75, 3.05) is 17.2 Å². The molecule has 0 fully saturated rings. The summed E-state index contributed by atoms with van der Waals surface area (Å²) < 4.78 is 5.41. The summed E-state index contributed by atoms with van der Waals surface area (Å²) in [7, 11) is 0. The van der Waals surface area contributed by atoms with Crippen molar-refractivity contribution in [1.82, 2.24) is 4.98 Å². The van der Waals surface area contributed by atoms with E-state index in [0.717, 1.165) is 30.0 Å². The number of ether oxygens (including phenoxy) is 1. The molecule has 1 aromatic carbocycles. The van der Waals surface area contributed by atoms with Gasteiger partial charge < -0.3 is 15.4 Å². The number of nitrogens with zero attached hydrogens (tertiary/aromatic N) is 1. The highest BCUT2D eigenvalue weighted by Gasteiger charge is 2.03. The minimum Gasteiger partial charge on any atom is -0.494 e. The summed E-state index contributed by atoms with van der Waals surface area (Å²) in [6.07, 6.45) is 4.13. The number of unbranched alkanes of at least 4 members (excludes halogenated alkanes) is 1. The van der Waals surface area contributed by atoms with E-state index >= 15 is 0 Å². The Morgan fingerprint density at radius 3 is 2.43 bits per heavy atom. The summed E-state index contributed by atoms with van der Waals surface area (Å²) >= 11 is 0. The molecule has 2 N–H and O–H groups in total. The van der Waals surface area contributed by atoms with Crippen LogP contribution in [0.4, 0.5) is 17.2 Å². The maximum absolute atomic E-state index is 11.7. The van der Waals surface area contributed by atoms with Gasteiger partial charge in [-0.1, -0.05) is 13.3 Å². The quantitative estimate of drug-likeness (QED) is 0.760. The summed E-state index contributed by atoms with van der Waals surface area (Å²) in [5.74, 6) is 1.43. The Hall–Kier alpha value is -2.56. The maximum atomic E-state index is 11.7. The molecule has 2 rings (SSSR count). The van der Waals surface area contributed by atoms with E-state index in [1.165, 1.54) is 0 Å². The molecule has 0 saturated heterocycles. The lowest BCUT2D eigenvalue weighted by Crippen LogP contribution is -2.12. The standard InChI is InChI=1S/C18H23N3O2/c1-3-5-6-18(22)21-17-12-9-15(13-19-17)20-14-7-10-16(11-8-14)23-4-2/h7-13,20H,3-6H2,1-2H3,(H,19,21,22). The zero-order chi connectivity index (χ0) is 16.5. The Morgan fingerprint density at radius 1 is 1.09 bits per heavy atom. The summed E-state index contributed by atoms with van der Waals surface area (Å²) in [4.78, 5) is 15.9. The maximum Gasteiger partial charge on any atom is 0.225 e. The predicted octanol–water partition coefficient (Wildman–Crippen LogP) is 4.35. The lowest BCUT2D eigenvalue weighted by atomic mass is 10.2. The van der Waals surface area contributed by atoms with Crippen molar-refractivity contribution >= 4 is 23.1 Å². The molecule has 0 aliphatic heterocycles. The summed E-state index contributed by atoms with van der Waals surface area (Å²) in [5.41, 5.74) is 1.82. The lowest BCUT2D eigenvalue weighted by molar-refractivity contribution is -0.116. The fraction of sp³-hybridized carbons (Fsp3) is 0.333. The second kappa shape index (κ2) is 8.78. The molecule has 0 radical (unpaired) electrons. The molecule has 0 aliphatic rings. The first-order valence-corrected chi connectivity index (χ1v) is 7.97. The first kappa shape index (κ1) is 16.8. The third kappa shape index (κ3) is 5.62. The van der Waals surface area contributed by atoms with E-state index in [2.05, 4.69) is 22.5 Å². The van der Waals surface area contributed by atoms with Gasteiger partial charge >= 0.3 is 0 Å². The first-order valence-electron chi connectivity index (χ1n) is 7.97. The van der Waals surface area contributed by atoms with Gasteiger partial charge in [0.15, 0.2) is 0 Å². The number of nitrogens with one attached hydrogen (secondary N) is 2. The Balaban J connectivity index is 1.90. The topological polar surface area (TPSA) is 63.2 Å². The Bertz CT molecular complexity index is 609. The van der Waals surface area contributed by atoms with E-state index in [4.69, 9.17) is 4.74 Å². The highest BCUT2D eigenvalue weighted by Crippen LogP contribution is 2.20. The largest absolute Gasteiger partial charge is 0.494 e. The van der Waals surface area contributed by atoms with E-state index in [9.17, 15) is 4.79 Å². The number of carbonyl (C=O) groups excluding carboxylic acids is 1. The molecule has 122 valence electrons. The number of hydrogen-bond acceptors (Lipinski definition) is 4. The van der Waals surface area contributed by atoms with Gasteiger partial charge in [-0.2, -0.15) is 0 Å². The smallest absolute Gasteiger partial charge is 0.225 e. The average molecular weight is 313 g/mol. The van der Waals surface area contributed by atoms with Gasteiger partial charge in [-0.3, -0.25) is 4.79 Å². The highest BCUT2D eigenvalue weighted by molar-refractivity contribution is 5.89. The molecule has 5 heteroatoms. The summed E-state index contributed by atoms with van der Waals surface area (Å²) in [5, 5.41) is 6.05. The van der Waals surface area contributed by atoms with Gasteiger partial charge in [0.2, 0.25) is 5.91 Å². The zero-order valence-electron chi connectivity index (χ0n) is 13.6. The van der Waals surface area contributed by atoms with E-state index < -0.39 is 0 Å². The molecule has 0 unspecified atom stereocenters. The number of benzene rings is 1. The Kier molecular flexibility index (Phi) is 6.41. The number of anilines is 3. The minimum absolute atomic E-state index is 0.00609. The molecule has 0 atom stereocenters. The molecule has 0 spiro atoms. The molecule has 1 aromatic heterocycles. The van der Waals surface area contributed by atoms with Crippen LogP contribution in [0.15, 0.2) is 42.6 Å². The third-order valence-corrected chi connectivity index (χ3v) is 3.24. The van der Waals surface area contributed by atoms with Gasteiger partial charge in [-0.15, -0.1) is 0 Å². The van der Waals surface area contributed by atoms with Gasteiger partial charge in [0.1, 0.15) is 11.6 Å². The second-order valence-corrected chi connectivity index (χ2v) is 5.17. The van der Waals surface area contributed by atoms with Crippen LogP contribution in [0.3, 0.4) is 0 Å². The molecule has 1 heterocycles. The number of hydrogen-bond donors (Lipinski definition) is 2. The van der Waals surface area contributed by atoms with Crippen molar-refractivity contribution in [2.24, 2.45) is 0 Å². The number of carbonyl (C=O) groups is 1. The minimum atomic E-state index is 0.00609. The van der Waals surface area contributed by atoms with Crippen LogP contribution in [0.1, 0.15) is 33.1 Å². The Labute approximate surface area is 137 Å². The summed E-state index contributed by atoms with van der Waals surface area (Å²) in [6, 6.07) is 11.4. The molecular formula is C18H23N3O2. The van der Waals surface area contributed by atoms with Crippen molar-refractivity contribution < 1.29 is 9.53 Å². The fourth-order valence-corrected chi connectivity index (χ4v) is 2.05. The van der Waals surface area contributed by atoms with Crippen LogP contribution in [-0.4, -0.2) is 17.5 Å². The van der Waals surface area contributed by atoms with Crippen molar-refractivity contribution in [3.8, 4) is 5.75 Å². The van der Waals surface area contributed by atoms with Crippen LogP contribution in [0.5, 0.6) is 5.75 Å². The third-order valence-electron chi connectivity index (χ3n) is 3.24. The van der Waals surface area contributed by atoms with Crippen LogP contribution in [0.2, 0.25) is 0 Å². The SMILES string of the molecule is CCCCC(=O)Nc1ccc(Nc2ccc(OCC)cc2)cn1. The van der Waals surface area contributed by atoms with Gasteiger partial charge in [-0.05, 0) is 49.7 Å². The van der Waals surface area contributed by atoms with Crippen LogP contribution in [0.25, 0.3) is 0 Å². The van der Waals surface area contributed by atoms with E-state index in [-0.39, 0.29) is 5.91 Å². The summed E-state index contributed by atoms with van der Waals surface area (Å²) in [6.45, 7) is 4.68. The van der Waals surface area contributed by atoms with Gasteiger partial charge in [0.25, 0.3) is 0 Å². The van der Waals surface area contributed by atoms with Crippen molar-refractivity contribution in [3.05, 3.63) is 42.6 Å². The number of pyridine rings is 1. The molecule has 0 saturated carbocycles. The molecule has 5 nitrogen and oxygen atoms in total. The molecular weight excluding hydrogens is 290 g/mol.